The summed E-state index contributed by atoms with van der Waals surface area (Å²) in [5, 5.41) is 2.30. The van der Waals surface area contributed by atoms with E-state index in [4.69, 9.17) is 0 Å². The molecule has 4 heteroatoms. The number of carbonyl (C=O) groups excluding carboxylic acids is 1. The van der Waals surface area contributed by atoms with E-state index in [-0.39, 0.29) is 11.9 Å². The highest BCUT2D eigenvalue weighted by atomic mass is 16.2. The maximum Gasteiger partial charge on any atom is 0.244 e. The number of rotatable bonds is 7. The summed E-state index contributed by atoms with van der Waals surface area (Å²) in [5.74, 6) is 0.182. The molecule has 1 aliphatic heterocycles. The molecule has 4 nitrogen and oxygen atoms in total. The fourth-order valence-electron chi connectivity index (χ4n) is 4.51. The molecular formula is C28H33N3O. The summed E-state index contributed by atoms with van der Waals surface area (Å²) in [4.78, 5) is 20.2. The molecule has 32 heavy (non-hydrogen) atoms. The van der Waals surface area contributed by atoms with Crippen LogP contribution in [0.4, 0.5) is 5.69 Å². The Morgan fingerprint density at radius 2 is 1.62 bits per heavy atom. The van der Waals surface area contributed by atoms with Crippen LogP contribution in [0.3, 0.4) is 0 Å². The lowest BCUT2D eigenvalue weighted by Crippen LogP contribution is -2.54. The Bertz CT molecular complexity index is 1050. The van der Waals surface area contributed by atoms with Gasteiger partial charge in [-0.25, -0.2) is 0 Å². The fraction of sp³-hybridized carbons (Fsp3) is 0.321. The van der Waals surface area contributed by atoms with Gasteiger partial charge in [0.25, 0.3) is 0 Å². The molecule has 0 spiro atoms. The van der Waals surface area contributed by atoms with Gasteiger partial charge >= 0.3 is 0 Å². The number of fused-ring (bicyclic) bond motifs is 1. The van der Waals surface area contributed by atoms with E-state index < -0.39 is 0 Å². The zero-order valence-electron chi connectivity index (χ0n) is 19.2. The van der Waals surface area contributed by atoms with E-state index in [9.17, 15) is 4.79 Å². The first-order valence-corrected chi connectivity index (χ1v) is 11.6. The average Bonchev–Trinajstić information content (AvgIpc) is 2.85. The number of nitrogens with zero attached hydrogens (tertiary/aromatic N) is 3. The number of piperazine rings is 1. The second-order valence-electron chi connectivity index (χ2n) is 8.41. The van der Waals surface area contributed by atoms with Crippen molar-refractivity contribution in [3.05, 3.63) is 84.4 Å². The molecule has 4 rings (SSSR count). The number of hydrogen-bond donors (Lipinski definition) is 0. The monoisotopic (exact) mass is 427 g/mol. The van der Waals surface area contributed by atoms with Gasteiger partial charge in [0.15, 0.2) is 0 Å². The van der Waals surface area contributed by atoms with Gasteiger partial charge in [-0.15, -0.1) is 0 Å². The molecule has 0 saturated carbocycles. The second kappa shape index (κ2) is 10.6. The molecule has 0 N–H and O–H groups in total. The molecule has 1 amide bonds. The van der Waals surface area contributed by atoms with Crippen molar-refractivity contribution in [3.8, 4) is 0 Å². The molecule has 1 heterocycles. The second-order valence-corrected chi connectivity index (χ2v) is 8.41. The maximum absolute atomic E-state index is 13.5. The van der Waals surface area contributed by atoms with Crippen LogP contribution in [-0.2, 0) is 4.79 Å². The summed E-state index contributed by atoms with van der Waals surface area (Å²) in [6.45, 7) is 9.53. The Morgan fingerprint density at radius 1 is 0.938 bits per heavy atom. The van der Waals surface area contributed by atoms with Crippen LogP contribution in [0.15, 0.2) is 78.9 Å². The van der Waals surface area contributed by atoms with Crippen molar-refractivity contribution < 1.29 is 4.79 Å². The molecule has 1 aliphatic rings. The van der Waals surface area contributed by atoms with Gasteiger partial charge in [0, 0.05) is 44.7 Å². The number of amides is 1. The summed E-state index contributed by atoms with van der Waals surface area (Å²) in [6.07, 6.45) is 4.42. The normalized spacial score (nSPS) is 16.4. The molecule has 0 aromatic heterocycles. The molecule has 1 fully saturated rings. The van der Waals surface area contributed by atoms with Crippen molar-refractivity contribution >= 4 is 28.4 Å². The van der Waals surface area contributed by atoms with Crippen LogP contribution in [0.1, 0.15) is 19.4 Å². The van der Waals surface area contributed by atoms with E-state index in [0.29, 0.717) is 6.54 Å². The minimum atomic E-state index is -0.129. The molecule has 0 radical (unpaired) electrons. The molecule has 3 aromatic rings. The predicted molar refractivity (Wildman–Crippen MR) is 135 cm³/mol. The molecule has 1 saturated heterocycles. The zero-order chi connectivity index (χ0) is 22.3. The first-order valence-electron chi connectivity index (χ1n) is 11.6. The SMILES string of the molecule is CCN(C(=O)[C@H](C)N1CCN(C/C=C/c2ccccc2)CC1)c1cccc2ccccc12. The molecular weight excluding hydrogens is 394 g/mol. The van der Waals surface area contributed by atoms with E-state index in [1.54, 1.807) is 0 Å². The van der Waals surface area contributed by atoms with Crippen LogP contribution in [0.25, 0.3) is 16.8 Å². The number of likely N-dealkylation sites (N-methyl/N-ethyl adjacent to an activating group) is 1. The zero-order valence-corrected chi connectivity index (χ0v) is 19.2. The first-order chi connectivity index (χ1) is 15.7. The Balaban J connectivity index is 1.36. The van der Waals surface area contributed by atoms with E-state index in [2.05, 4.69) is 84.3 Å². The highest BCUT2D eigenvalue weighted by Gasteiger charge is 2.29. The lowest BCUT2D eigenvalue weighted by molar-refractivity contribution is -0.123. The summed E-state index contributed by atoms with van der Waals surface area (Å²) >= 11 is 0. The molecule has 166 valence electrons. The van der Waals surface area contributed by atoms with Gasteiger partial charge in [0.2, 0.25) is 5.91 Å². The lowest BCUT2D eigenvalue weighted by Gasteiger charge is -2.38. The summed E-state index contributed by atoms with van der Waals surface area (Å²) in [5.41, 5.74) is 2.24. The molecule has 0 aliphatic carbocycles. The van der Waals surface area contributed by atoms with Gasteiger partial charge in [0.1, 0.15) is 0 Å². The highest BCUT2D eigenvalue weighted by molar-refractivity contribution is 6.05. The largest absolute Gasteiger partial charge is 0.311 e. The number of benzene rings is 3. The molecule has 0 unspecified atom stereocenters. The van der Waals surface area contributed by atoms with E-state index in [1.807, 2.05) is 29.2 Å². The third-order valence-corrected chi connectivity index (χ3v) is 6.43. The molecule has 1 atom stereocenters. The Kier molecular flexibility index (Phi) is 7.35. The van der Waals surface area contributed by atoms with Crippen molar-refractivity contribution in [2.75, 3.05) is 44.2 Å². The Morgan fingerprint density at radius 3 is 2.38 bits per heavy atom. The Labute approximate surface area is 191 Å². The standard InChI is InChI=1S/C28H33N3O/c1-3-31(27-17-9-15-25-14-7-8-16-26(25)27)28(32)23(2)30-21-19-29(20-22-30)18-10-13-24-11-5-4-6-12-24/h4-17,23H,3,18-22H2,1-2H3/b13-10+/t23-/m0/s1. The average molecular weight is 428 g/mol. The smallest absolute Gasteiger partial charge is 0.244 e. The first kappa shape index (κ1) is 22.3. The fourth-order valence-corrected chi connectivity index (χ4v) is 4.51. The minimum absolute atomic E-state index is 0.129. The summed E-state index contributed by atoms with van der Waals surface area (Å²) in [6, 6.07) is 24.8. The van der Waals surface area contributed by atoms with Gasteiger partial charge in [-0.05, 0) is 30.9 Å². The van der Waals surface area contributed by atoms with Crippen LogP contribution in [0.5, 0.6) is 0 Å². The van der Waals surface area contributed by atoms with Crippen molar-refractivity contribution in [2.24, 2.45) is 0 Å². The highest BCUT2D eigenvalue weighted by Crippen LogP contribution is 2.27. The van der Waals surface area contributed by atoms with Crippen molar-refractivity contribution in [1.29, 1.82) is 0 Å². The Hall–Kier alpha value is -2.95. The van der Waals surface area contributed by atoms with Crippen molar-refractivity contribution in [2.45, 2.75) is 19.9 Å². The van der Waals surface area contributed by atoms with E-state index in [1.165, 1.54) is 10.9 Å². The van der Waals surface area contributed by atoms with Crippen LogP contribution in [-0.4, -0.2) is 61.0 Å². The maximum atomic E-state index is 13.5. The number of carbonyl (C=O) groups is 1. The topological polar surface area (TPSA) is 26.8 Å². The molecule has 0 bridgehead atoms. The molecule has 3 aromatic carbocycles. The van der Waals surface area contributed by atoms with Gasteiger partial charge in [-0.2, -0.15) is 0 Å². The quantitative estimate of drug-likeness (QED) is 0.536. The number of anilines is 1. The lowest BCUT2D eigenvalue weighted by atomic mass is 10.1. The van der Waals surface area contributed by atoms with Crippen LogP contribution in [0, 0.1) is 0 Å². The van der Waals surface area contributed by atoms with Gasteiger partial charge in [-0.1, -0.05) is 78.9 Å². The van der Waals surface area contributed by atoms with Crippen LogP contribution in [0.2, 0.25) is 0 Å². The summed E-state index contributed by atoms with van der Waals surface area (Å²) in [7, 11) is 0. The number of hydrogen-bond acceptors (Lipinski definition) is 3. The van der Waals surface area contributed by atoms with Gasteiger partial charge < -0.3 is 4.90 Å². The third-order valence-electron chi connectivity index (χ3n) is 6.43. The van der Waals surface area contributed by atoms with Crippen LogP contribution < -0.4 is 4.90 Å². The van der Waals surface area contributed by atoms with Crippen molar-refractivity contribution in [1.82, 2.24) is 9.80 Å². The van der Waals surface area contributed by atoms with E-state index in [0.717, 1.165) is 43.8 Å². The minimum Gasteiger partial charge on any atom is -0.311 e. The van der Waals surface area contributed by atoms with E-state index >= 15 is 0 Å². The van der Waals surface area contributed by atoms with Gasteiger partial charge in [0.05, 0.1) is 11.7 Å². The third kappa shape index (κ3) is 5.09. The van der Waals surface area contributed by atoms with Crippen LogP contribution >= 0.6 is 0 Å². The summed E-state index contributed by atoms with van der Waals surface area (Å²) < 4.78 is 0. The predicted octanol–water partition coefficient (Wildman–Crippen LogP) is 4.91. The van der Waals surface area contributed by atoms with Gasteiger partial charge in [-0.3, -0.25) is 14.6 Å². The van der Waals surface area contributed by atoms with Crippen molar-refractivity contribution in [3.63, 3.8) is 0 Å².